The molecule has 8 nitrogen and oxygen atoms in total. The maximum atomic E-state index is 13.1. The standard InChI is InChI=1S/C19H25F3N2O6S/c1-18(2,3)30-17(26)24-12-16(25)23(11-15(24)8-9-29-31(4,27)28)14-7-5-6-13(10-14)19(20,21)22/h5-7,10,15H,8-9,11-12H2,1-4H3/t15-/m0/s1. The summed E-state index contributed by atoms with van der Waals surface area (Å²) in [5.74, 6) is -0.592. The molecule has 2 amide bonds. The summed E-state index contributed by atoms with van der Waals surface area (Å²) < 4.78 is 71.7. The van der Waals surface area contributed by atoms with E-state index in [1.807, 2.05) is 0 Å². The molecule has 0 unspecified atom stereocenters. The first kappa shape index (κ1) is 24.9. The summed E-state index contributed by atoms with van der Waals surface area (Å²) in [5, 5.41) is 0. The van der Waals surface area contributed by atoms with E-state index in [1.54, 1.807) is 20.8 Å². The van der Waals surface area contributed by atoms with Crippen LogP contribution in [-0.2, 0) is 30.0 Å². The summed E-state index contributed by atoms with van der Waals surface area (Å²) in [6, 6.07) is 3.56. The van der Waals surface area contributed by atoms with Crippen molar-refractivity contribution in [2.75, 3.05) is 30.9 Å². The lowest BCUT2D eigenvalue weighted by Crippen LogP contribution is -2.59. The number of benzene rings is 1. The fourth-order valence-corrected chi connectivity index (χ4v) is 3.39. The van der Waals surface area contributed by atoms with Crippen LogP contribution in [0, 0.1) is 0 Å². The Labute approximate surface area is 179 Å². The summed E-state index contributed by atoms with van der Waals surface area (Å²) in [6.07, 6.45) is -4.47. The van der Waals surface area contributed by atoms with E-state index in [9.17, 15) is 31.2 Å². The van der Waals surface area contributed by atoms with E-state index in [0.717, 1.165) is 28.2 Å². The summed E-state index contributed by atoms with van der Waals surface area (Å²) >= 11 is 0. The van der Waals surface area contributed by atoms with E-state index in [0.29, 0.717) is 0 Å². The van der Waals surface area contributed by atoms with Crippen LogP contribution in [0.1, 0.15) is 32.8 Å². The van der Waals surface area contributed by atoms with Crippen molar-refractivity contribution in [2.24, 2.45) is 0 Å². The molecule has 1 aromatic carbocycles. The molecule has 2 rings (SSSR count). The maximum absolute atomic E-state index is 13.1. The Morgan fingerprint density at radius 3 is 2.42 bits per heavy atom. The fourth-order valence-electron chi connectivity index (χ4n) is 2.99. The summed E-state index contributed by atoms with van der Waals surface area (Å²) in [5.41, 5.74) is -1.73. The molecule has 1 aliphatic heterocycles. The molecule has 31 heavy (non-hydrogen) atoms. The number of hydrogen-bond donors (Lipinski definition) is 0. The third kappa shape index (κ3) is 7.39. The average Bonchev–Trinajstić information content (AvgIpc) is 2.59. The molecule has 0 spiro atoms. The van der Waals surface area contributed by atoms with Crippen molar-refractivity contribution in [3.05, 3.63) is 29.8 Å². The second-order valence-electron chi connectivity index (χ2n) is 8.13. The first-order valence-corrected chi connectivity index (χ1v) is 11.2. The van der Waals surface area contributed by atoms with E-state index in [4.69, 9.17) is 8.92 Å². The van der Waals surface area contributed by atoms with Gasteiger partial charge in [-0.2, -0.15) is 21.6 Å². The van der Waals surface area contributed by atoms with Crippen molar-refractivity contribution in [3.63, 3.8) is 0 Å². The lowest BCUT2D eigenvalue weighted by molar-refractivity contribution is -0.137. The number of rotatable bonds is 5. The van der Waals surface area contributed by atoms with E-state index in [-0.39, 0.29) is 25.3 Å². The van der Waals surface area contributed by atoms with E-state index < -0.39 is 52.0 Å². The zero-order valence-electron chi connectivity index (χ0n) is 17.6. The second kappa shape index (κ2) is 9.03. The molecule has 1 aromatic rings. The van der Waals surface area contributed by atoms with Gasteiger partial charge in [-0.3, -0.25) is 13.9 Å². The van der Waals surface area contributed by atoms with Crippen molar-refractivity contribution < 1.29 is 40.1 Å². The van der Waals surface area contributed by atoms with Gasteiger partial charge in [-0.15, -0.1) is 0 Å². The predicted octanol–water partition coefficient (Wildman–Crippen LogP) is 3.02. The number of amides is 2. The fraction of sp³-hybridized carbons (Fsp3) is 0.579. The molecule has 0 bridgehead atoms. The predicted molar refractivity (Wildman–Crippen MR) is 106 cm³/mol. The van der Waals surface area contributed by atoms with Crippen LogP contribution in [0.25, 0.3) is 0 Å². The van der Waals surface area contributed by atoms with Gasteiger partial charge in [0.25, 0.3) is 10.1 Å². The molecule has 1 aliphatic rings. The van der Waals surface area contributed by atoms with Gasteiger partial charge in [0.2, 0.25) is 5.91 Å². The van der Waals surface area contributed by atoms with Gasteiger partial charge in [0.1, 0.15) is 12.1 Å². The van der Waals surface area contributed by atoms with Crippen LogP contribution in [0.15, 0.2) is 24.3 Å². The first-order chi connectivity index (χ1) is 14.1. The molecule has 1 saturated heterocycles. The summed E-state index contributed by atoms with van der Waals surface area (Å²) in [4.78, 5) is 27.5. The highest BCUT2D eigenvalue weighted by molar-refractivity contribution is 7.85. The van der Waals surface area contributed by atoms with Gasteiger partial charge in [-0.1, -0.05) is 6.07 Å². The van der Waals surface area contributed by atoms with E-state index in [2.05, 4.69) is 0 Å². The maximum Gasteiger partial charge on any atom is 0.416 e. The number of nitrogens with zero attached hydrogens (tertiary/aromatic N) is 2. The van der Waals surface area contributed by atoms with Gasteiger partial charge in [0.15, 0.2) is 0 Å². The molecule has 174 valence electrons. The Morgan fingerprint density at radius 1 is 1.23 bits per heavy atom. The largest absolute Gasteiger partial charge is 0.444 e. The monoisotopic (exact) mass is 466 g/mol. The van der Waals surface area contributed by atoms with Crippen LogP contribution in [0.2, 0.25) is 0 Å². The molecular formula is C19H25F3N2O6S. The van der Waals surface area contributed by atoms with Crippen LogP contribution in [0.4, 0.5) is 23.7 Å². The summed E-state index contributed by atoms with van der Waals surface area (Å²) in [7, 11) is -3.73. The SMILES string of the molecule is CC(C)(C)OC(=O)N1CC(=O)N(c2cccc(C(F)(F)F)c2)C[C@@H]1CCOS(C)(=O)=O. The minimum atomic E-state index is -4.58. The minimum Gasteiger partial charge on any atom is -0.444 e. The molecular weight excluding hydrogens is 441 g/mol. The molecule has 0 radical (unpaired) electrons. The zero-order valence-corrected chi connectivity index (χ0v) is 18.4. The zero-order chi connectivity index (χ0) is 23.6. The molecule has 12 heteroatoms. The number of hydrogen-bond acceptors (Lipinski definition) is 6. The molecule has 1 atom stereocenters. The normalized spacial score (nSPS) is 18.3. The van der Waals surface area contributed by atoms with Crippen molar-refractivity contribution in [3.8, 4) is 0 Å². The molecule has 0 N–H and O–H groups in total. The van der Waals surface area contributed by atoms with Crippen molar-refractivity contribution in [1.29, 1.82) is 0 Å². The third-order valence-corrected chi connectivity index (χ3v) is 4.90. The number of ether oxygens (including phenoxy) is 1. The quantitative estimate of drug-likeness (QED) is 0.620. The number of carbonyl (C=O) groups is 2. The Morgan fingerprint density at radius 2 is 1.87 bits per heavy atom. The van der Waals surface area contributed by atoms with E-state index >= 15 is 0 Å². The first-order valence-electron chi connectivity index (χ1n) is 9.38. The van der Waals surface area contributed by atoms with Crippen LogP contribution in [-0.4, -0.2) is 62.9 Å². The topological polar surface area (TPSA) is 93.2 Å². The number of anilines is 1. The molecule has 0 saturated carbocycles. The Kier molecular flexibility index (Phi) is 7.26. The number of piperazine rings is 1. The van der Waals surface area contributed by atoms with E-state index in [1.165, 1.54) is 12.1 Å². The van der Waals surface area contributed by atoms with Crippen LogP contribution in [0.5, 0.6) is 0 Å². The van der Waals surface area contributed by atoms with Gasteiger partial charge in [-0.25, -0.2) is 4.79 Å². The number of halogens is 3. The van der Waals surface area contributed by atoms with Crippen molar-refractivity contribution in [1.82, 2.24) is 4.90 Å². The lowest BCUT2D eigenvalue weighted by atomic mass is 10.1. The molecule has 0 aliphatic carbocycles. The second-order valence-corrected chi connectivity index (χ2v) is 9.77. The lowest BCUT2D eigenvalue weighted by Gasteiger charge is -2.41. The minimum absolute atomic E-state index is 0.0229. The van der Waals surface area contributed by atoms with Crippen LogP contribution < -0.4 is 4.90 Å². The third-order valence-electron chi connectivity index (χ3n) is 4.30. The Hall–Kier alpha value is -2.34. The highest BCUT2D eigenvalue weighted by Gasteiger charge is 2.38. The highest BCUT2D eigenvalue weighted by atomic mass is 32.2. The number of alkyl halides is 3. The van der Waals surface area contributed by atoms with Gasteiger partial charge in [-0.05, 0) is 45.4 Å². The van der Waals surface area contributed by atoms with Gasteiger partial charge >= 0.3 is 12.3 Å². The van der Waals surface area contributed by atoms with Crippen molar-refractivity contribution in [2.45, 2.75) is 45.0 Å². The van der Waals surface area contributed by atoms with Crippen molar-refractivity contribution >= 4 is 27.8 Å². The van der Waals surface area contributed by atoms with Gasteiger partial charge < -0.3 is 9.64 Å². The smallest absolute Gasteiger partial charge is 0.416 e. The van der Waals surface area contributed by atoms with Crippen LogP contribution in [0.3, 0.4) is 0 Å². The molecule has 1 heterocycles. The van der Waals surface area contributed by atoms with Crippen LogP contribution >= 0.6 is 0 Å². The summed E-state index contributed by atoms with van der Waals surface area (Å²) in [6.45, 7) is 4.09. The molecule has 1 fully saturated rings. The number of carbonyl (C=O) groups excluding carboxylic acids is 2. The highest BCUT2D eigenvalue weighted by Crippen LogP contribution is 2.32. The Bertz CT molecular complexity index is 927. The van der Waals surface area contributed by atoms with Gasteiger partial charge in [0.05, 0.1) is 24.5 Å². The Balaban J connectivity index is 2.29. The average molecular weight is 466 g/mol. The van der Waals surface area contributed by atoms with Gasteiger partial charge in [0, 0.05) is 12.2 Å². The molecule has 0 aromatic heterocycles.